The molecule has 0 aliphatic carbocycles. The smallest absolute Gasteiger partial charge is 0.332 e. The Labute approximate surface area is 244 Å². The second kappa shape index (κ2) is 10.0. The number of halogens is 2. The number of likely N-dealkylation sites (N-methyl/N-ethyl adjacent to an activating group) is 1. The number of imide groups is 1. The Kier molecular flexibility index (Phi) is 6.49. The quantitative estimate of drug-likeness (QED) is 0.325. The summed E-state index contributed by atoms with van der Waals surface area (Å²) >= 11 is 12.4. The van der Waals surface area contributed by atoms with Gasteiger partial charge in [-0.25, -0.2) is 19.4 Å². The Morgan fingerprint density at radius 2 is 1.80 bits per heavy atom. The topological polar surface area (TPSA) is 115 Å². The van der Waals surface area contributed by atoms with E-state index in [9.17, 15) is 19.6 Å². The maximum absolute atomic E-state index is 14.3. The normalized spacial score (nSPS) is 20.2. The third kappa shape index (κ3) is 4.30. The molecule has 2 atom stereocenters. The molecule has 1 spiro atoms. The van der Waals surface area contributed by atoms with E-state index in [1.165, 1.54) is 29.3 Å². The van der Waals surface area contributed by atoms with Crippen molar-refractivity contribution in [3.63, 3.8) is 0 Å². The maximum Gasteiger partial charge on any atom is 0.332 e. The molecule has 10 nitrogen and oxygen atoms in total. The minimum Gasteiger partial charge on any atom is -0.335 e. The molecule has 0 bridgehead atoms. The van der Waals surface area contributed by atoms with Crippen molar-refractivity contribution in [1.29, 1.82) is 5.26 Å². The molecule has 204 valence electrons. The van der Waals surface area contributed by atoms with Crippen LogP contribution < -0.4 is 4.90 Å². The lowest BCUT2D eigenvalue weighted by Crippen LogP contribution is -2.54. The van der Waals surface area contributed by atoms with Gasteiger partial charge in [0.1, 0.15) is 5.54 Å². The van der Waals surface area contributed by atoms with Crippen LogP contribution in [0.2, 0.25) is 10.0 Å². The molecule has 0 saturated carbocycles. The highest BCUT2D eigenvalue weighted by molar-refractivity contribution is 6.36. The molecule has 4 aromatic rings. The molecule has 0 radical (unpaired) electrons. The molecule has 4 heterocycles. The number of carbonyl (C=O) groups is 3. The van der Waals surface area contributed by atoms with Gasteiger partial charge in [-0.2, -0.15) is 10.4 Å². The Morgan fingerprint density at radius 1 is 1.07 bits per heavy atom. The SMILES string of the molecule is CN1C(=O)N(c2cc(Cl)cc(Cl)c2)C(=O)[C@]12CN(C(=O)c1ccc(-n3cccn3)nc1)C[C@H]2c1ccc(C#N)cc1. The first-order valence-electron chi connectivity index (χ1n) is 12.6. The number of rotatable bonds is 4. The number of nitrogens with zero attached hydrogens (tertiary/aromatic N) is 7. The van der Waals surface area contributed by atoms with Crippen molar-refractivity contribution in [2.75, 3.05) is 25.0 Å². The Balaban J connectivity index is 1.40. The van der Waals surface area contributed by atoms with Crippen molar-refractivity contribution in [2.24, 2.45) is 0 Å². The van der Waals surface area contributed by atoms with Crippen molar-refractivity contribution in [3.8, 4) is 11.9 Å². The summed E-state index contributed by atoms with van der Waals surface area (Å²) in [5.74, 6) is -0.873. The lowest BCUT2D eigenvalue weighted by Gasteiger charge is -2.33. The van der Waals surface area contributed by atoms with Crippen molar-refractivity contribution < 1.29 is 14.4 Å². The van der Waals surface area contributed by atoms with Crippen LogP contribution in [-0.4, -0.2) is 68.1 Å². The van der Waals surface area contributed by atoms with Crippen LogP contribution in [0, 0.1) is 11.3 Å². The summed E-state index contributed by atoms with van der Waals surface area (Å²) in [7, 11) is 1.55. The van der Waals surface area contributed by atoms with Crippen LogP contribution in [0.25, 0.3) is 5.82 Å². The van der Waals surface area contributed by atoms with Crippen LogP contribution >= 0.6 is 23.2 Å². The molecule has 2 aliphatic rings. The summed E-state index contributed by atoms with van der Waals surface area (Å²) in [6.45, 7) is 0.0996. The standard InChI is InChI=1S/C29H21Cl2N7O3/c1-35-28(41)38(23-12-21(30)11-22(31)13-23)27(40)29(35)17-36(16-24(29)19-5-3-18(14-32)4-6-19)26(39)20-7-8-25(33-15-20)37-10-2-9-34-37/h2-13,15,24H,16-17H2,1H3/t24-,29+/m0/s1. The van der Waals surface area contributed by atoms with Gasteiger partial charge in [0.15, 0.2) is 5.82 Å². The van der Waals surface area contributed by atoms with E-state index in [2.05, 4.69) is 16.2 Å². The molecule has 2 fully saturated rings. The van der Waals surface area contributed by atoms with Crippen LogP contribution in [0.3, 0.4) is 0 Å². The summed E-state index contributed by atoms with van der Waals surface area (Å²) in [4.78, 5) is 50.1. The molecule has 4 amide bonds. The molecule has 2 aromatic heterocycles. The molecular formula is C29H21Cl2N7O3. The highest BCUT2D eigenvalue weighted by Crippen LogP contribution is 2.47. The highest BCUT2D eigenvalue weighted by atomic mass is 35.5. The van der Waals surface area contributed by atoms with Crippen molar-refractivity contribution in [3.05, 3.63) is 106 Å². The van der Waals surface area contributed by atoms with Gasteiger partial charge in [0, 0.05) is 48.1 Å². The Bertz CT molecular complexity index is 1700. The summed E-state index contributed by atoms with van der Waals surface area (Å²) < 4.78 is 1.58. The van der Waals surface area contributed by atoms with Gasteiger partial charge >= 0.3 is 6.03 Å². The van der Waals surface area contributed by atoms with Crippen molar-refractivity contribution in [1.82, 2.24) is 24.6 Å². The number of carbonyl (C=O) groups excluding carboxylic acids is 3. The number of benzene rings is 2. The zero-order valence-electron chi connectivity index (χ0n) is 21.6. The first kappa shape index (κ1) is 26.5. The molecular weight excluding hydrogens is 565 g/mol. The van der Waals surface area contributed by atoms with E-state index in [1.807, 2.05) is 0 Å². The van der Waals surface area contributed by atoms with Gasteiger partial charge in [-0.3, -0.25) is 9.59 Å². The summed E-state index contributed by atoms with van der Waals surface area (Å²) in [5, 5.41) is 14.0. The van der Waals surface area contributed by atoms with Gasteiger partial charge in [0.2, 0.25) is 0 Å². The van der Waals surface area contributed by atoms with Crippen molar-refractivity contribution >= 4 is 46.7 Å². The Morgan fingerprint density at radius 3 is 2.41 bits per heavy atom. The zero-order valence-corrected chi connectivity index (χ0v) is 23.1. The number of anilines is 1. The fourth-order valence-electron chi connectivity index (χ4n) is 5.60. The fourth-order valence-corrected chi connectivity index (χ4v) is 6.11. The van der Waals surface area contributed by atoms with E-state index in [4.69, 9.17) is 23.2 Å². The second-order valence-corrected chi connectivity index (χ2v) is 10.7. The highest BCUT2D eigenvalue weighted by Gasteiger charge is 2.65. The molecule has 12 heteroatoms. The van der Waals surface area contributed by atoms with E-state index in [-0.39, 0.29) is 34.7 Å². The number of urea groups is 1. The third-order valence-electron chi connectivity index (χ3n) is 7.63. The lowest BCUT2D eigenvalue weighted by atomic mass is 9.80. The van der Waals surface area contributed by atoms with Gasteiger partial charge < -0.3 is 9.80 Å². The summed E-state index contributed by atoms with van der Waals surface area (Å²) in [6, 6.07) is 18.0. The summed E-state index contributed by atoms with van der Waals surface area (Å²) in [5.41, 5.74) is 0.315. The van der Waals surface area contributed by atoms with E-state index >= 15 is 0 Å². The number of aromatic nitrogens is 3. The number of hydrogen-bond donors (Lipinski definition) is 0. The number of likely N-dealkylation sites (tertiary alicyclic amines) is 1. The molecule has 0 unspecified atom stereocenters. The second-order valence-electron chi connectivity index (χ2n) is 9.86. The molecule has 2 aromatic carbocycles. The molecule has 6 rings (SSSR count). The largest absolute Gasteiger partial charge is 0.335 e. The van der Waals surface area contributed by atoms with Crippen LogP contribution in [0.4, 0.5) is 10.5 Å². The number of amides is 4. The van der Waals surface area contributed by atoms with E-state index < -0.39 is 23.4 Å². The van der Waals surface area contributed by atoms with Crippen LogP contribution in [0.1, 0.15) is 27.4 Å². The average Bonchev–Trinajstić information content (AvgIpc) is 3.69. The molecule has 0 N–H and O–H groups in total. The number of nitriles is 1. The lowest BCUT2D eigenvalue weighted by molar-refractivity contribution is -0.124. The third-order valence-corrected chi connectivity index (χ3v) is 8.07. The number of hydrogen-bond acceptors (Lipinski definition) is 6. The fraction of sp³-hybridized carbons (Fsp3) is 0.172. The minimum absolute atomic E-state index is 0.0523. The molecule has 2 aliphatic heterocycles. The van der Waals surface area contributed by atoms with Gasteiger partial charge in [-0.05, 0) is 54.1 Å². The van der Waals surface area contributed by atoms with Gasteiger partial charge in [-0.1, -0.05) is 35.3 Å². The van der Waals surface area contributed by atoms with Gasteiger partial charge in [0.25, 0.3) is 11.8 Å². The predicted octanol–water partition coefficient (Wildman–Crippen LogP) is 4.52. The van der Waals surface area contributed by atoms with Crippen molar-refractivity contribution in [2.45, 2.75) is 11.5 Å². The monoisotopic (exact) mass is 585 g/mol. The average molecular weight is 586 g/mol. The molecule has 41 heavy (non-hydrogen) atoms. The first-order chi connectivity index (χ1) is 19.7. The van der Waals surface area contributed by atoms with E-state index in [0.29, 0.717) is 22.5 Å². The van der Waals surface area contributed by atoms with Crippen LogP contribution in [0.5, 0.6) is 0 Å². The Hall–Kier alpha value is -4.72. The van der Waals surface area contributed by atoms with E-state index in [0.717, 1.165) is 4.90 Å². The summed E-state index contributed by atoms with van der Waals surface area (Å²) in [6.07, 6.45) is 4.84. The minimum atomic E-state index is -1.42. The maximum atomic E-state index is 14.3. The molecule has 2 saturated heterocycles. The predicted molar refractivity (Wildman–Crippen MR) is 151 cm³/mol. The zero-order chi connectivity index (χ0) is 28.9. The van der Waals surface area contributed by atoms with Crippen LogP contribution in [0.15, 0.2) is 79.3 Å². The number of pyridine rings is 1. The van der Waals surface area contributed by atoms with Crippen LogP contribution in [-0.2, 0) is 4.79 Å². The van der Waals surface area contributed by atoms with Gasteiger partial charge in [0.05, 0.1) is 29.4 Å². The van der Waals surface area contributed by atoms with Gasteiger partial charge in [-0.15, -0.1) is 0 Å². The van der Waals surface area contributed by atoms with E-state index in [1.54, 1.807) is 71.5 Å². The first-order valence-corrected chi connectivity index (χ1v) is 13.3.